The van der Waals surface area contributed by atoms with Crippen molar-refractivity contribution in [3.05, 3.63) is 30.1 Å². The molecule has 2 aliphatic rings. The summed E-state index contributed by atoms with van der Waals surface area (Å²) in [6.45, 7) is 6.11. The van der Waals surface area contributed by atoms with Crippen LogP contribution < -0.4 is 0 Å². The van der Waals surface area contributed by atoms with Crippen LogP contribution in [0.1, 0.15) is 37.7 Å². The zero-order valence-electron chi connectivity index (χ0n) is 14.9. The highest BCUT2D eigenvalue weighted by molar-refractivity contribution is 5.81. The van der Waals surface area contributed by atoms with Crippen LogP contribution in [0.15, 0.2) is 24.5 Å². The van der Waals surface area contributed by atoms with Crippen LogP contribution in [0, 0.1) is 0 Å². The Morgan fingerprint density at radius 3 is 2.62 bits per heavy atom. The highest BCUT2D eigenvalue weighted by atomic mass is 16.2. The SMILES string of the molecule is CN(CCN1CCCC1)C(=O)C1CCCCN1Cc1ccncc1. The number of carbonyl (C=O) groups is 1. The third-order valence-corrected chi connectivity index (χ3v) is 5.36. The molecule has 2 aliphatic heterocycles. The lowest BCUT2D eigenvalue weighted by Crippen LogP contribution is -2.50. The maximum Gasteiger partial charge on any atom is 0.239 e. The van der Waals surface area contributed by atoms with E-state index in [1.165, 1.54) is 37.9 Å². The number of carbonyl (C=O) groups excluding carboxylic acids is 1. The Kier molecular flexibility index (Phi) is 6.21. The van der Waals surface area contributed by atoms with Gasteiger partial charge in [-0.05, 0) is 63.0 Å². The van der Waals surface area contributed by atoms with E-state index in [2.05, 4.69) is 14.8 Å². The van der Waals surface area contributed by atoms with Crippen LogP contribution >= 0.6 is 0 Å². The van der Waals surface area contributed by atoms with Crippen LogP contribution in [0.25, 0.3) is 0 Å². The first-order valence-electron chi connectivity index (χ1n) is 9.34. The first kappa shape index (κ1) is 17.4. The van der Waals surface area contributed by atoms with Crippen LogP contribution in [0.4, 0.5) is 0 Å². The van der Waals surface area contributed by atoms with Crippen molar-refractivity contribution in [2.75, 3.05) is 39.8 Å². The monoisotopic (exact) mass is 330 g/mol. The molecular weight excluding hydrogens is 300 g/mol. The zero-order chi connectivity index (χ0) is 16.8. The molecular formula is C19H30N4O. The number of amides is 1. The normalized spacial score (nSPS) is 22.6. The van der Waals surface area contributed by atoms with Gasteiger partial charge in [-0.25, -0.2) is 0 Å². The van der Waals surface area contributed by atoms with E-state index in [1.807, 2.05) is 36.5 Å². The van der Waals surface area contributed by atoms with Crippen molar-refractivity contribution in [2.45, 2.75) is 44.7 Å². The summed E-state index contributed by atoms with van der Waals surface area (Å²) in [5.74, 6) is 0.294. The predicted octanol–water partition coefficient (Wildman–Crippen LogP) is 1.99. The number of piperidine rings is 1. The molecule has 24 heavy (non-hydrogen) atoms. The van der Waals surface area contributed by atoms with E-state index in [0.717, 1.165) is 39.0 Å². The fourth-order valence-electron chi connectivity index (χ4n) is 3.84. The highest BCUT2D eigenvalue weighted by Gasteiger charge is 2.30. The molecule has 1 amide bonds. The summed E-state index contributed by atoms with van der Waals surface area (Å²) < 4.78 is 0. The van der Waals surface area contributed by atoms with Gasteiger partial charge in [0.1, 0.15) is 0 Å². The van der Waals surface area contributed by atoms with Crippen molar-refractivity contribution in [3.63, 3.8) is 0 Å². The molecule has 0 bridgehead atoms. The quantitative estimate of drug-likeness (QED) is 0.800. The summed E-state index contributed by atoms with van der Waals surface area (Å²) >= 11 is 0. The topological polar surface area (TPSA) is 39.7 Å². The molecule has 5 heteroatoms. The minimum absolute atomic E-state index is 0.0375. The lowest BCUT2D eigenvalue weighted by molar-refractivity contribution is -0.137. The second-order valence-corrected chi connectivity index (χ2v) is 7.15. The van der Waals surface area contributed by atoms with Crippen LogP contribution in [-0.2, 0) is 11.3 Å². The molecule has 0 saturated carbocycles. The predicted molar refractivity (Wildman–Crippen MR) is 95.6 cm³/mol. The molecule has 1 atom stereocenters. The Hall–Kier alpha value is -1.46. The van der Waals surface area contributed by atoms with E-state index in [4.69, 9.17) is 0 Å². The lowest BCUT2D eigenvalue weighted by Gasteiger charge is -2.37. The number of hydrogen-bond donors (Lipinski definition) is 0. The maximum atomic E-state index is 13.0. The van der Waals surface area contributed by atoms with Crippen LogP contribution in [0.3, 0.4) is 0 Å². The maximum absolute atomic E-state index is 13.0. The average Bonchev–Trinajstić information content (AvgIpc) is 3.14. The fraction of sp³-hybridized carbons (Fsp3) is 0.684. The molecule has 1 aromatic rings. The van der Waals surface area contributed by atoms with Crippen molar-refractivity contribution in [1.29, 1.82) is 0 Å². The van der Waals surface area contributed by atoms with E-state index in [-0.39, 0.29) is 6.04 Å². The first-order valence-corrected chi connectivity index (χ1v) is 9.34. The molecule has 2 saturated heterocycles. The van der Waals surface area contributed by atoms with Crippen molar-refractivity contribution in [1.82, 2.24) is 19.7 Å². The molecule has 0 N–H and O–H groups in total. The number of rotatable bonds is 6. The van der Waals surface area contributed by atoms with Gasteiger partial charge >= 0.3 is 0 Å². The molecule has 132 valence electrons. The van der Waals surface area contributed by atoms with Gasteiger partial charge in [-0.15, -0.1) is 0 Å². The minimum Gasteiger partial charge on any atom is -0.343 e. The highest BCUT2D eigenvalue weighted by Crippen LogP contribution is 2.21. The Labute approximate surface area is 145 Å². The number of pyridine rings is 1. The summed E-state index contributed by atoms with van der Waals surface area (Å²) in [6.07, 6.45) is 9.60. The van der Waals surface area contributed by atoms with Gasteiger partial charge in [-0.3, -0.25) is 14.7 Å². The van der Waals surface area contributed by atoms with Crippen LogP contribution in [-0.4, -0.2) is 71.4 Å². The molecule has 2 fully saturated rings. The molecule has 0 radical (unpaired) electrons. The molecule has 1 aromatic heterocycles. The fourth-order valence-corrected chi connectivity index (χ4v) is 3.84. The van der Waals surface area contributed by atoms with Crippen LogP contribution in [0.5, 0.6) is 0 Å². The number of likely N-dealkylation sites (tertiary alicyclic amines) is 2. The lowest BCUT2D eigenvalue weighted by atomic mass is 10.00. The van der Waals surface area contributed by atoms with Gasteiger partial charge in [-0.2, -0.15) is 0 Å². The summed E-state index contributed by atoms with van der Waals surface area (Å²) in [5, 5.41) is 0. The second-order valence-electron chi connectivity index (χ2n) is 7.15. The van der Waals surface area contributed by atoms with E-state index < -0.39 is 0 Å². The molecule has 1 unspecified atom stereocenters. The second kappa shape index (κ2) is 8.58. The number of aromatic nitrogens is 1. The van der Waals surface area contributed by atoms with Gasteiger partial charge in [0, 0.05) is 39.1 Å². The summed E-state index contributed by atoms with van der Waals surface area (Å²) in [5.41, 5.74) is 1.24. The molecule has 3 rings (SSSR count). The minimum atomic E-state index is 0.0375. The average molecular weight is 330 g/mol. The summed E-state index contributed by atoms with van der Waals surface area (Å²) in [4.78, 5) is 23.8. The Balaban J connectivity index is 1.55. The smallest absolute Gasteiger partial charge is 0.239 e. The van der Waals surface area contributed by atoms with Crippen molar-refractivity contribution in [3.8, 4) is 0 Å². The Morgan fingerprint density at radius 1 is 1.17 bits per heavy atom. The van der Waals surface area contributed by atoms with Gasteiger partial charge < -0.3 is 9.80 Å². The molecule has 5 nitrogen and oxygen atoms in total. The van der Waals surface area contributed by atoms with Crippen LogP contribution in [0.2, 0.25) is 0 Å². The summed E-state index contributed by atoms with van der Waals surface area (Å²) in [7, 11) is 1.97. The van der Waals surface area contributed by atoms with Gasteiger partial charge in [0.2, 0.25) is 5.91 Å². The van der Waals surface area contributed by atoms with E-state index in [1.54, 1.807) is 0 Å². The van der Waals surface area contributed by atoms with Gasteiger partial charge in [0.25, 0.3) is 0 Å². The van der Waals surface area contributed by atoms with Crippen molar-refractivity contribution in [2.24, 2.45) is 0 Å². The molecule has 0 spiro atoms. The van der Waals surface area contributed by atoms with E-state index >= 15 is 0 Å². The molecule has 0 aromatic carbocycles. The number of likely N-dealkylation sites (N-methyl/N-ethyl adjacent to an activating group) is 1. The standard InChI is InChI=1S/C19H30N4O/c1-21(14-15-22-11-4-5-12-22)19(24)18-6-2-3-13-23(18)16-17-7-9-20-10-8-17/h7-10,18H,2-6,11-16H2,1H3. The Morgan fingerprint density at radius 2 is 1.88 bits per heavy atom. The third kappa shape index (κ3) is 4.54. The Bertz CT molecular complexity index is 515. The third-order valence-electron chi connectivity index (χ3n) is 5.36. The van der Waals surface area contributed by atoms with E-state index in [9.17, 15) is 4.79 Å². The largest absolute Gasteiger partial charge is 0.343 e. The van der Waals surface area contributed by atoms with Crippen molar-refractivity contribution < 1.29 is 4.79 Å². The van der Waals surface area contributed by atoms with Gasteiger partial charge in [0.15, 0.2) is 0 Å². The number of hydrogen-bond acceptors (Lipinski definition) is 4. The van der Waals surface area contributed by atoms with Crippen molar-refractivity contribution >= 4 is 5.91 Å². The molecule has 3 heterocycles. The zero-order valence-corrected chi connectivity index (χ0v) is 14.9. The molecule has 0 aliphatic carbocycles. The summed E-state index contributed by atoms with van der Waals surface area (Å²) in [6, 6.07) is 4.14. The van der Waals surface area contributed by atoms with E-state index in [0.29, 0.717) is 5.91 Å². The number of nitrogens with zero attached hydrogens (tertiary/aromatic N) is 4. The van der Waals surface area contributed by atoms with Gasteiger partial charge in [0.05, 0.1) is 6.04 Å². The van der Waals surface area contributed by atoms with Gasteiger partial charge in [-0.1, -0.05) is 6.42 Å². The first-order chi connectivity index (χ1) is 11.7.